The number of piperazine rings is 1. The third-order valence-electron chi connectivity index (χ3n) is 5.93. The topological polar surface area (TPSA) is 93.6 Å². The van der Waals surface area contributed by atoms with Crippen molar-refractivity contribution in [2.45, 2.75) is 33.1 Å². The Labute approximate surface area is 195 Å². The molecule has 0 saturated carbocycles. The van der Waals surface area contributed by atoms with E-state index in [1.165, 1.54) is 23.7 Å². The Hall–Kier alpha value is -2.92. The van der Waals surface area contributed by atoms with Crippen LogP contribution in [0.5, 0.6) is 0 Å². The zero-order valence-corrected chi connectivity index (χ0v) is 19.6. The lowest BCUT2D eigenvalue weighted by atomic mass is 10.1. The van der Waals surface area contributed by atoms with Crippen molar-refractivity contribution in [3.8, 4) is 0 Å². The minimum atomic E-state index is -4.36. The Morgan fingerprint density at radius 3 is 2.12 bits per heavy atom. The summed E-state index contributed by atoms with van der Waals surface area (Å²) < 4.78 is 40.4. The molecule has 1 aliphatic rings. The fraction of sp³-hybridized carbons (Fsp3) is 0.522. The number of halogens is 3. The first-order valence-corrected chi connectivity index (χ1v) is 11.1. The van der Waals surface area contributed by atoms with Gasteiger partial charge in [0.15, 0.2) is 5.78 Å². The third-order valence-corrected chi connectivity index (χ3v) is 5.93. The van der Waals surface area contributed by atoms with Crippen LogP contribution in [0.3, 0.4) is 0 Å². The van der Waals surface area contributed by atoms with Gasteiger partial charge in [0, 0.05) is 46.3 Å². The average Bonchev–Trinajstić information content (AvgIpc) is 2.76. The second-order valence-corrected chi connectivity index (χ2v) is 9.08. The largest absolute Gasteiger partial charge is 0.416 e. The molecule has 3 rings (SSSR count). The molecular formula is C23H30F3N5O3. The van der Waals surface area contributed by atoms with E-state index in [1.54, 1.807) is 0 Å². The smallest absolute Gasteiger partial charge is 0.384 e. The number of benzene rings is 1. The Bertz CT molecular complexity index is 1140. The van der Waals surface area contributed by atoms with Gasteiger partial charge in [-0.25, -0.2) is 4.79 Å². The molecule has 2 aromatic rings. The number of carbonyl (C=O) groups is 1. The first-order valence-electron chi connectivity index (χ1n) is 11.1. The fourth-order valence-corrected chi connectivity index (χ4v) is 4.03. The van der Waals surface area contributed by atoms with Crippen molar-refractivity contribution in [3.05, 3.63) is 61.8 Å². The Balaban J connectivity index is 1.63. The maximum absolute atomic E-state index is 13.0. The van der Waals surface area contributed by atoms with Crippen LogP contribution in [0.25, 0.3) is 0 Å². The van der Waals surface area contributed by atoms with E-state index in [0.29, 0.717) is 39.3 Å². The van der Waals surface area contributed by atoms with Crippen LogP contribution in [-0.2, 0) is 26.3 Å². The van der Waals surface area contributed by atoms with E-state index < -0.39 is 28.8 Å². The lowest BCUT2D eigenvalue weighted by Crippen LogP contribution is -2.49. The summed E-state index contributed by atoms with van der Waals surface area (Å²) in [7, 11) is 1.33. The Morgan fingerprint density at radius 2 is 1.59 bits per heavy atom. The summed E-state index contributed by atoms with van der Waals surface area (Å²) in [5.41, 5.74) is 4.76. The minimum absolute atomic E-state index is 0.00651. The van der Waals surface area contributed by atoms with Gasteiger partial charge in [-0.15, -0.1) is 0 Å². The molecule has 0 atom stereocenters. The normalized spacial score (nSPS) is 15.7. The van der Waals surface area contributed by atoms with Gasteiger partial charge in [-0.05, 0) is 23.6 Å². The highest BCUT2D eigenvalue weighted by molar-refractivity contribution is 6.01. The molecule has 1 aromatic carbocycles. The number of aromatic nitrogens is 2. The standard InChI is InChI=1S/C23H30F3N5O3/c1-15(2)12-31-20(27)19(21(33)28(3)22(31)34)18(32)14-30-10-8-29(9-11-30)13-16-4-6-17(7-5-16)23(24,25)26/h4-7,15H,8-14,27H2,1-3H3. The predicted octanol–water partition coefficient (Wildman–Crippen LogP) is 1.80. The SMILES string of the molecule is CC(C)Cn1c(N)c(C(=O)CN2CCN(Cc3ccc(C(F)(F)F)cc3)CC2)c(=O)n(C)c1=O. The number of carbonyl (C=O) groups excluding carboxylic acids is 1. The number of nitrogens with zero attached hydrogens (tertiary/aromatic N) is 4. The number of nitrogen functional groups attached to an aromatic ring is 1. The first kappa shape index (κ1) is 25.7. The van der Waals surface area contributed by atoms with Gasteiger partial charge in [0.05, 0.1) is 12.1 Å². The van der Waals surface area contributed by atoms with Gasteiger partial charge in [0.25, 0.3) is 5.56 Å². The maximum Gasteiger partial charge on any atom is 0.416 e. The Kier molecular flexibility index (Phi) is 7.67. The number of ketones is 1. The average molecular weight is 482 g/mol. The molecule has 34 heavy (non-hydrogen) atoms. The van der Waals surface area contributed by atoms with Gasteiger partial charge in [-0.3, -0.25) is 28.5 Å². The van der Waals surface area contributed by atoms with Crippen LogP contribution in [0.1, 0.15) is 35.3 Å². The van der Waals surface area contributed by atoms with Crippen LogP contribution in [0.2, 0.25) is 0 Å². The van der Waals surface area contributed by atoms with E-state index in [2.05, 4.69) is 4.90 Å². The number of rotatable bonds is 7. The van der Waals surface area contributed by atoms with Crippen LogP contribution in [0.4, 0.5) is 19.0 Å². The number of alkyl halides is 3. The summed E-state index contributed by atoms with van der Waals surface area (Å²) in [4.78, 5) is 42.0. The molecule has 1 saturated heterocycles. The van der Waals surface area contributed by atoms with E-state index in [4.69, 9.17) is 5.73 Å². The highest BCUT2D eigenvalue weighted by Crippen LogP contribution is 2.29. The summed E-state index contributed by atoms with van der Waals surface area (Å²) in [6, 6.07) is 5.11. The predicted molar refractivity (Wildman–Crippen MR) is 123 cm³/mol. The van der Waals surface area contributed by atoms with Crippen molar-refractivity contribution in [2.75, 3.05) is 38.5 Å². The van der Waals surface area contributed by atoms with Gasteiger partial charge in [0.1, 0.15) is 11.4 Å². The quantitative estimate of drug-likeness (QED) is 0.607. The molecule has 1 aliphatic heterocycles. The number of nitrogens with two attached hydrogens (primary N) is 1. The first-order chi connectivity index (χ1) is 15.9. The molecule has 186 valence electrons. The van der Waals surface area contributed by atoms with E-state index in [-0.39, 0.29) is 23.8 Å². The second kappa shape index (κ2) is 10.1. The van der Waals surface area contributed by atoms with E-state index in [9.17, 15) is 27.6 Å². The molecule has 2 heterocycles. The number of anilines is 1. The molecule has 8 nitrogen and oxygen atoms in total. The maximum atomic E-state index is 13.0. The Morgan fingerprint density at radius 1 is 1.03 bits per heavy atom. The summed E-state index contributed by atoms with van der Waals surface area (Å²) in [5.74, 6) is -0.447. The van der Waals surface area contributed by atoms with Gasteiger partial charge < -0.3 is 5.73 Å². The van der Waals surface area contributed by atoms with Crippen LogP contribution >= 0.6 is 0 Å². The number of Topliss-reactive ketones (excluding diaryl/α,β-unsaturated/α-hetero) is 1. The molecule has 11 heteroatoms. The third kappa shape index (κ3) is 5.76. The van der Waals surface area contributed by atoms with Crippen molar-refractivity contribution in [1.82, 2.24) is 18.9 Å². The zero-order valence-electron chi connectivity index (χ0n) is 19.6. The molecular weight excluding hydrogens is 451 g/mol. The van der Waals surface area contributed by atoms with Crippen LogP contribution in [0, 0.1) is 5.92 Å². The van der Waals surface area contributed by atoms with E-state index in [0.717, 1.165) is 22.3 Å². The molecule has 0 spiro atoms. The summed E-state index contributed by atoms with van der Waals surface area (Å²) in [6.07, 6.45) is -4.36. The highest BCUT2D eigenvalue weighted by atomic mass is 19.4. The summed E-state index contributed by atoms with van der Waals surface area (Å²) in [5, 5.41) is 0. The molecule has 1 fully saturated rings. The summed E-state index contributed by atoms with van der Waals surface area (Å²) >= 11 is 0. The van der Waals surface area contributed by atoms with E-state index in [1.807, 2.05) is 18.7 Å². The van der Waals surface area contributed by atoms with Crippen molar-refractivity contribution >= 4 is 11.6 Å². The molecule has 0 unspecified atom stereocenters. The van der Waals surface area contributed by atoms with Crippen molar-refractivity contribution in [1.29, 1.82) is 0 Å². The van der Waals surface area contributed by atoms with Crippen LogP contribution in [-0.4, -0.2) is 57.4 Å². The molecule has 0 aliphatic carbocycles. The van der Waals surface area contributed by atoms with Crippen molar-refractivity contribution in [3.63, 3.8) is 0 Å². The van der Waals surface area contributed by atoms with Crippen molar-refractivity contribution in [2.24, 2.45) is 13.0 Å². The van der Waals surface area contributed by atoms with Gasteiger partial charge in [-0.2, -0.15) is 13.2 Å². The second-order valence-electron chi connectivity index (χ2n) is 9.08. The lowest BCUT2D eigenvalue weighted by Gasteiger charge is -2.34. The minimum Gasteiger partial charge on any atom is -0.384 e. The molecule has 2 N–H and O–H groups in total. The van der Waals surface area contributed by atoms with Crippen LogP contribution < -0.4 is 17.0 Å². The fourth-order valence-electron chi connectivity index (χ4n) is 4.03. The van der Waals surface area contributed by atoms with Gasteiger partial charge in [-0.1, -0.05) is 26.0 Å². The zero-order chi connectivity index (χ0) is 25.2. The lowest BCUT2D eigenvalue weighted by molar-refractivity contribution is -0.137. The monoisotopic (exact) mass is 481 g/mol. The molecule has 0 radical (unpaired) electrons. The number of hydrogen-bond donors (Lipinski definition) is 1. The van der Waals surface area contributed by atoms with Crippen LogP contribution in [0.15, 0.2) is 33.9 Å². The highest BCUT2D eigenvalue weighted by Gasteiger charge is 2.30. The molecule has 0 amide bonds. The van der Waals surface area contributed by atoms with Crippen molar-refractivity contribution < 1.29 is 18.0 Å². The summed E-state index contributed by atoms with van der Waals surface area (Å²) in [6.45, 7) is 6.95. The number of hydrogen-bond acceptors (Lipinski definition) is 6. The van der Waals surface area contributed by atoms with Gasteiger partial charge >= 0.3 is 11.9 Å². The molecule has 1 aromatic heterocycles. The molecule has 0 bridgehead atoms. The van der Waals surface area contributed by atoms with Gasteiger partial charge in [0.2, 0.25) is 0 Å². The van der Waals surface area contributed by atoms with E-state index >= 15 is 0 Å².